The first kappa shape index (κ1) is 26.0. The molecule has 0 unspecified atom stereocenters. The second-order valence-electron chi connectivity index (χ2n) is 12.1. The lowest BCUT2D eigenvalue weighted by atomic mass is 9.98. The third-order valence-electron chi connectivity index (χ3n) is 9.43. The predicted octanol–water partition coefficient (Wildman–Crippen LogP) is 11.1. The Morgan fingerprint density at radius 2 is 1.15 bits per heavy atom. The van der Waals surface area contributed by atoms with Gasteiger partial charge < -0.3 is 4.42 Å². The smallest absolute Gasteiger partial charge is 0.161 e. The number of hydrogen-bond donors (Lipinski definition) is 0. The van der Waals surface area contributed by atoms with Crippen LogP contribution in [0.3, 0.4) is 0 Å². The molecule has 0 atom stereocenters. The van der Waals surface area contributed by atoms with Gasteiger partial charge in [0.2, 0.25) is 0 Å². The zero-order valence-electron chi connectivity index (χ0n) is 25.4. The van der Waals surface area contributed by atoms with Crippen LogP contribution in [-0.2, 0) is 0 Å². The van der Waals surface area contributed by atoms with E-state index in [1.807, 2.05) is 30.3 Å². The van der Waals surface area contributed by atoms with Crippen LogP contribution in [0.5, 0.6) is 0 Å². The molecule has 1 aliphatic heterocycles. The third kappa shape index (κ3) is 3.88. The molecular formula is C43H27N3O. The van der Waals surface area contributed by atoms with E-state index in [1.54, 1.807) is 0 Å². The first-order valence-corrected chi connectivity index (χ1v) is 16.0. The molecule has 0 N–H and O–H groups in total. The molecule has 0 saturated carbocycles. The highest BCUT2D eigenvalue weighted by Gasteiger charge is 2.25. The van der Waals surface area contributed by atoms with Crippen molar-refractivity contribution in [3.63, 3.8) is 0 Å². The third-order valence-corrected chi connectivity index (χ3v) is 9.43. The number of furan rings is 1. The Bertz CT molecular complexity index is 2800. The average molecular weight is 602 g/mol. The number of para-hydroxylation sites is 1. The molecule has 0 aliphatic carbocycles. The molecule has 4 heteroatoms. The Balaban J connectivity index is 1.42. The minimum absolute atomic E-state index is 0.633. The van der Waals surface area contributed by atoms with Gasteiger partial charge in [-0.3, -0.25) is 4.57 Å². The molecule has 0 amide bonds. The van der Waals surface area contributed by atoms with Crippen LogP contribution in [0, 0.1) is 0 Å². The van der Waals surface area contributed by atoms with Gasteiger partial charge in [0.25, 0.3) is 0 Å². The molecule has 2 aromatic heterocycles. The van der Waals surface area contributed by atoms with Crippen LogP contribution in [-0.4, -0.2) is 16.1 Å². The van der Waals surface area contributed by atoms with E-state index in [1.165, 1.54) is 21.5 Å². The summed E-state index contributed by atoms with van der Waals surface area (Å²) in [5.41, 5.74) is 7.05. The van der Waals surface area contributed by atoms with E-state index in [0.29, 0.717) is 12.3 Å². The van der Waals surface area contributed by atoms with Crippen molar-refractivity contribution in [2.24, 2.45) is 9.98 Å². The Morgan fingerprint density at radius 3 is 1.96 bits per heavy atom. The molecule has 220 valence electrons. The van der Waals surface area contributed by atoms with E-state index in [9.17, 15) is 0 Å². The topological polar surface area (TPSA) is 42.8 Å². The predicted molar refractivity (Wildman–Crippen MR) is 197 cm³/mol. The Kier molecular flexibility index (Phi) is 5.60. The summed E-state index contributed by atoms with van der Waals surface area (Å²) in [5.74, 6) is 1.54. The SMILES string of the molecule is C1=C(n2c3c4ccccc4ccc3c3c4ccccc4c4oc5ccccc5c4c32)N=C(c2ccccc2)N=C(c2ccccc2)C1. The maximum atomic E-state index is 6.70. The maximum Gasteiger partial charge on any atom is 0.161 e. The van der Waals surface area contributed by atoms with Crippen molar-refractivity contribution < 1.29 is 4.42 Å². The van der Waals surface area contributed by atoms with Crippen LogP contribution in [0.25, 0.3) is 71.1 Å². The van der Waals surface area contributed by atoms with Crippen molar-refractivity contribution in [2.75, 3.05) is 0 Å². The van der Waals surface area contributed by atoms with Gasteiger partial charge >= 0.3 is 0 Å². The molecule has 10 rings (SSSR count). The summed E-state index contributed by atoms with van der Waals surface area (Å²) < 4.78 is 9.08. The number of aromatic nitrogens is 1. The van der Waals surface area contributed by atoms with Crippen LogP contribution < -0.4 is 0 Å². The summed E-state index contributed by atoms with van der Waals surface area (Å²) in [6.45, 7) is 0. The number of fused-ring (bicyclic) bond motifs is 12. The normalized spacial score (nSPS) is 13.8. The monoisotopic (exact) mass is 601 g/mol. The number of rotatable bonds is 3. The summed E-state index contributed by atoms with van der Waals surface area (Å²) in [6, 6.07) is 50.9. The van der Waals surface area contributed by atoms with Gasteiger partial charge in [0.1, 0.15) is 17.0 Å². The van der Waals surface area contributed by atoms with Crippen molar-refractivity contribution in [2.45, 2.75) is 6.42 Å². The molecule has 0 spiro atoms. The van der Waals surface area contributed by atoms with Crippen molar-refractivity contribution >= 4 is 82.7 Å². The second-order valence-corrected chi connectivity index (χ2v) is 12.1. The second kappa shape index (κ2) is 10.1. The summed E-state index contributed by atoms with van der Waals surface area (Å²) in [6.07, 6.45) is 2.87. The average Bonchev–Trinajstić information content (AvgIpc) is 3.61. The lowest BCUT2D eigenvalue weighted by Gasteiger charge is -2.12. The zero-order valence-corrected chi connectivity index (χ0v) is 25.4. The minimum atomic E-state index is 0.633. The number of aliphatic imine (C=N–C) groups is 2. The molecule has 0 bridgehead atoms. The number of nitrogens with zero attached hydrogens (tertiary/aromatic N) is 3. The van der Waals surface area contributed by atoms with Crippen molar-refractivity contribution in [3.8, 4) is 0 Å². The van der Waals surface area contributed by atoms with E-state index in [4.69, 9.17) is 14.4 Å². The Morgan fingerprint density at radius 1 is 0.489 bits per heavy atom. The van der Waals surface area contributed by atoms with E-state index in [-0.39, 0.29) is 0 Å². The first-order valence-electron chi connectivity index (χ1n) is 16.0. The van der Waals surface area contributed by atoms with Gasteiger partial charge in [-0.25, -0.2) is 9.98 Å². The van der Waals surface area contributed by atoms with Gasteiger partial charge in [-0.2, -0.15) is 0 Å². The summed E-state index contributed by atoms with van der Waals surface area (Å²) >= 11 is 0. The van der Waals surface area contributed by atoms with Crippen molar-refractivity contribution in [3.05, 3.63) is 163 Å². The highest BCUT2D eigenvalue weighted by atomic mass is 16.3. The lowest BCUT2D eigenvalue weighted by Crippen LogP contribution is -2.05. The highest BCUT2D eigenvalue weighted by Crippen LogP contribution is 2.47. The van der Waals surface area contributed by atoms with Crippen LogP contribution >= 0.6 is 0 Å². The lowest BCUT2D eigenvalue weighted by molar-refractivity contribution is 0.673. The highest BCUT2D eigenvalue weighted by molar-refractivity contribution is 6.37. The molecule has 3 heterocycles. The number of hydrogen-bond acceptors (Lipinski definition) is 3. The van der Waals surface area contributed by atoms with Gasteiger partial charge in [0.15, 0.2) is 5.84 Å². The summed E-state index contributed by atoms with van der Waals surface area (Å²) in [7, 11) is 0. The van der Waals surface area contributed by atoms with E-state index in [2.05, 4.69) is 126 Å². The first-order chi connectivity index (χ1) is 23.3. The molecule has 0 radical (unpaired) electrons. The quantitative estimate of drug-likeness (QED) is 0.199. The summed E-state index contributed by atoms with van der Waals surface area (Å²) in [5, 5.41) is 9.21. The molecule has 4 nitrogen and oxygen atoms in total. The van der Waals surface area contributed by atoms with Gasteiger partial charge in [-0.05, 0) is 28.5 Å². The van der Waals surface area contributed by atoms with Crippen molar-refractivity contribution in [1.29, 1.82) is 0 Å². The van der Waals surface area contributed by atoms with Gasteiger partial charge in [0.05, 0.1) is 22.1 Å². The van der Waals surface area contributed by atoms with Crippen LogP contribution in [0.15, 0.2) is 166 Å². The van der Waals surface area contributed by atoms with Crippen LogP contribution in [0.2, 0.25) is 0 Å². The number of benzene rings is 7. The minimum Gasteiger partial charge on any atom is -0.455 e. The molecule has 0 fully saturated rings. The largest absolute Gasteiger partial charge is 0.455 e. The maximum absolute atomic E-state index is 6.70. The van der Waals surface area contributed by atoms with Crippen molar-refractivity contribution in [1.82, 2.24) is 4.57 Å². The fourth-order valence-electron chi connectivity index (χ4n) is 7.37. The zero-order chi connectivity index (χ0) is 30.9. The van der Waals surface area contributed by atoms with Gasteiger partial charge in [0, 0.05) is 38.9 Å². The fraction of sp³-hybridized carbons (Fsp3) is 0.0233. The Labute approximate surface area is 270 Å². The molecular weight excluding hydrogens is 574 g/mol. The summed E-state index contributed by atoms with van der Waals surface area (Å²) in [4.78, 5) is 10.7. The molecule has 47 heavy (non-hydrogen) atoms. The van der Waals surface area contributed by atoms with Crippen LogP contribution in [0.1, 0.15) is 17.5 Å². The van der Waals surface area contributed by atoms with E-state index >= 15 is 0 Å². The number of allylic oxidation sites excluding steroid dienone is 1. The van der Waals surface area contributed by atoms with E-state index in [0.717, 1.165) is 66.4 Å². The molecule has 7 aromatic carbocycles. The van der Waals surface area contributed by atoms with Gasteiger partial charge in [-0.1, -0.05) is 140 Å². The fourth-order valence-corrected chi connectivity index (χ4v) is 7.37. The molecule has 9 aromatic rings. The Hall–Kier alpha value is -6.26. The molecule has 0 saturated heterocycles. The van der Waals surface area contributed by atoms with Gasteiger partial charge in [-0.15, -0.1) is 0 Å². The number of amidine groups is 1. The van der Waals surface area contributed by atoms with Crippen LogP contribution in [0.4, 0.5) is 0 Å². The van der Waals surface area contributed by atoms with E-state index < -0.39 is 0 Å². The molecule has 1 aliphatic rings. The standard InChI is InChI=1S/C43H27N3O/c1-3-14-28(15-4-1)35-25-26-37(45-43(44-35)29-16-5-2-6-17-29)46-40-30-18-8-7-13-27(30)23-24-34(40)38-31-19-9-10-20-32(31)42-39(41(38)46)33-21-11-12-22-36(33)47-42/h1-24,26H,25H2.